The smallest absolute Gasteiger partial charge is 0.345 e. The second-order valence-electron chi connectivity index (χ2n) is 5.77. The molecule has 0 amide bonds. The van der Waals surface area contributed by atoms with Crippen LogP contribution in [0.1, 0.15) is 38.8 Å². The van der Waals surface area contributed by atoms with E-state index in [-0.39, 0.29) is 17.3 Å². The summed E-state index contributed by atoms with van der Waals surface area (Å²) in [6.45, 7) is 1.93. The normalized spacial score (nSPS) is 10.0. The molecule has 0 saturated carbocycles. The molecule has 6 heteroatoms. The Balaban J connectivity index is 1.84. The minimum absolute atomic E-state index is 0.0573. The first-order valence-corrected chi connectivity index (χ1v) is 8.60. The largest absolute Gasteiger partial charge is 0.404 e. The van der Waals surface area contributed by atoms with Crippen LogP contribution in [0.25, 0.3) is 0 Å². The molecule has 0 bridgehead atoms. The molecule has 28 heavy (non-hydrogen) atoms. The second-order valence-corrected chi connectivity index (χ2v) is 5.77. The van der Waals surface area contributed by atoms with Crippen LogP contribution in [0.4, 0.5) is 0 Å². The van der Waals surface area contributed by atoms with E-state index >= 15 is 0 Å². The van der Waals surface area contributed by atoms with E-state index in [1.807, 2.05) is 25.1 Å². The van der Waals surface area contributed by atoms with Crippen molar-refractivity contribution in [2.45, 2.75) is 13.3 Å². The van der Waals surface area contributed by atoms with Crippen molar-refractivity contribution in [3.05, 3.63) is 89.0 Å². The minimum Gasteiger partial charge on any atom is -0.404 e. The lowest BCUT2D eigenvalue weighted by Gasteiger charge is -2.10. The highest BCUT2D eigenvalue weighted by Gasteiger charge is 2.18. The lowest BCUT2D eigenvalue weighted by Crippen LogP contribution is -2.14. The maximum Gasteiger partial charge on any atom is 0.345 e. The van der Waals surface area contributed by atoms with Crippen LogP contribution in [-0.4, -0.2) is 16.9 Å². The number of carbonyl (C=O) groups is 2. The maximum atomic E-state index is 12.5. The first kappa shape index (κ1) is 18.8. The van der Waals surface area contributed by atoms with Crippen LogP contribution >= 0.6 is 0 Å². The molecule has 0 aliphatic heterocycles. The van der Waals surface area contributed by atoms with Gasteiger partial charge in [0.15, 0.2) is 0 Å². The molecule has 1 heterocycles. The minimum atomic E-state index is -0.631. The number of nitriles is 1. The Bertz CT molecular complexity index is 1060. The van der Waals surface area contributed by atoms with Crippen molar-refractivity contribution in [3.8, 4) is 17.8 Å². The molecule has 0 radical (unpaired) electrons. The summed E-state index contributed by atoms with van der Waals surface area (Å²) in [6, 6.07) is 20.1. The SMILES string of the molecule is CCc1ccccc1C(=O)Oc1nc(OC(=O)c2ccccc2)ccc1C#N. The molecule has 0 fully saturated rings. The van der Waals surface area contributed by atoms with Gasteiger partial charge in [-0.15, -0.1) is 0 Å². The van der Waals surface area contributed by atoms with Crippen LogP contribution in [-0.2, 0) is 6.42 Å². The van der Waals surface area contributed by atoms with Gasteiger partial charge in [0.1, 0.15) is 11.6 Å². The predicted molar refractivity (Wildman–Crippen MR) is 101 cm³/mol. The topological polar surface area (TPSA) is 89.3 Å². The van der Waals surface area contributed by atoms with Gasteiger partial charge in [0, 0.05) is 6.07 Å². The molecule has 0 unspecified atom stereocenters. The molecule has 138 valence electrons. The number of ether oxygens (including phenoxy) is 2. The zero-order valence-corrected chi connectivity index (χ0v) is 15.1. The molecular formula is C22H16N2O4. The number of nitrogens with zero attached hydrogens (tertiary/aromatic N) is 2. The summed E-state index contributed by atoms with van der Waals surface area (Å²) >= 11 is 0. The van der Waals surface area contributed by atoms with Gasteiger partial charge in [0.2, 0.25) is 11.8 Å². The second kappa shape index (κ2) is 8.60. The van der Waals surface area contributed by atoms with E-state index in [1.165, 1.54) is 12.1 Å². The quantitative estimate of drug-likeness (QED) is 0.630. The fourth-order valence-corrected chi connectivity index (χ4v) is 2.54. The van der Waals surface area contributed by atoms with E-state index in [2.05, 4.69) is 4.98 Å². The molecule has 0 atom stereocenters. The monoisotopic (exact) mass is 372 g/mol. The lowest BCUT2D eigenvalue weighted by atomic mass is 10.1. The van der Waals surface area contributed by atoms with Gasteiger partial charge in [-0.3, -0.25) is 0 Å². The van der Waals surface area contributed by atoms with Crippen LogP contribution < -0.4 is 9.47 Å². The summed E-state index contributed by atoms with van der Waals surface area (Å²) in [7, 11) is 0. The Morgan fingerprint density at radius 2 is 1.64 bits per heavy atom. The molecule has 1 aromatic heterocycles. The number of hydrogen-bond donors (Lipinski definition) is 0. The molecule has 0 spiro atoms. The molecule has 3 rings (SSSR count). The highest BCUT2D eigenvalue weighted by Crippen LogP contribution is 2.22. The molecule has 0 aliphatic rings. The maximum absolute atomic E-state index is 12.5. The molecule has 3 aromatic rings. The fourth-order valence-electron chi connectivity index (χ4n) is 2.54. The van der Waals surface area contributed by atoms with Crippen molar-refractivity contribution < 1.29 is 19.1 Å². The van der Waals surface area contributed by atoms with Gasteiger partial charge in [-0.25, -0.2) is 9.59 Å². The van der Waals surface area contributed by atoms with Crippen molar-refractivity contribution in [2.24, 2.45) is 0 Å². The third-order valence-electron chi connectivity index (χ3n) is 3.97. The average Bonchev–Trinajstić information content (AvgIpc) is 2.74. The van der Waals surface area contributed by atoms with Gasteiger partial charge >= 0.3 is 11.9 Å². The summed E-state index contributed by atoms with van der Waals surface area (Å²) in [5, 5.41) is 9.26. The van der Waals surface area contributed by atoms with E-state index in [1.54, 1.807) is 42.5 Å². The zero-order valence-electron chi connectivity index (χ0n) is 15.1. The Hall–Kier alpha value is -3.98. The summed E-state index contributed by atoms with van der Waals surface area (Å²) in [5.41, 5.74) is 1.62. The molecule has 6 nitrogen and oxygen atoms in total. The lowest BCUT2D eigenvalue weighted by molar-refractivity contribution is 0.0717. The van der Waals surface area contributed by atoms with Crippen molar-refractivity contribution >= 4 is 11.9 Å². The molecular weight excluding hydrogens is 356 g/mol. The first-order chi connectivity index (χ1) is 13.6. The van der Waals surface area contributed by atoms with Crippen molar-refractivity contribution in [1.29, 1.82) is 5.26 Å². The average molecular weight is 372 g/mol. The van der Waals surface area contributed by atoms with Crippen LogP contribution in [0.5, 0.6) is 11.8 Å². The fraction of sp³-hybridized carbons (Fsp3) is 0.0909. The van der Waals surface area contributed by atoms with Gasteiger partial charge in [-0.05, 0) is 36.2 Å². The number of rotatable bonds is 5. The van der Waals surface area contributed by atoms with Crippen LogP contribution in [0.15, 0.2) is 66.7 Å². The Kier molecular flexibility index (Phi) is 5.78. The molecule has 2 aromatic carbocycles. The van der Waals surface area contributed by atoms with Gasteiger partial charge < -0.3 is 9.47 Å². The standard InChI is InChI=1S/C22H16N2O4/c1-2-15-8-6-7-11-18(15)22(26)28-20-17(14-23)12-13-19(24-20)27-21(25)16-9-4-3-5-10-16/h3-13H,2H2,1H3. The first-order valence-electron chi connectivity index (χ1n) is 8.60. The van der Waals surface area contributed by atoms with E-state index in [4.69, 9.17) is 9.47 Å². The molecule has 0 aliphatic carbocycles. The Morgan fingerprint density at radius 1 is 0.929 bits per heavy atom. The van der Waals surface area contributed by atoms with Crippen molar-refractivity contribution in [1.82, 2.24) is 4.98 Å². The van der Waals surface area contributed by atoms with E-state index < -0.39 is 11.9 Å². The van der Waals surface area contributed by atoms with Crippen LogP contribution in [0.2, 0.25) is 0 Å². The Morgan fingerprint density at radius 3 is 2.36 bits per heavy atom. The summed E-state index contributed by atoms with van der Waals surface area (Å²) in [6.07, 6.45) is 0.651. The zero-order chi connectivity index (χ0) is 19.9. The number of aromatic nitrogens is 1. The number of esters is 2. The number of hydrogen-bond acceptors (Lipinski definition) is 6. The molecule has 0 N–H and O–H groups in total. The van der Waals surface area contributed by atoms with Gasteiger partial charge in [-0.1, -0.05) is 43.3 Å². The van der Waals surface area contributed by atoms with Crippen LogP contribution in [0, 0.1) is 11.3 Å². The summed E-state index contributed by atoms with van der Waals surface area (Å²) in [5.74, 6) is -1.52. The van der Waals surface area contributed by atoms with Gasteiger partial charge in [-0.2, -0.15) is 10.2 Å². The van der Waals surface area contributed by atoms with Gasteiger partial charge in [0.05, 0.1) is 11.1 Å². The highest BCUT2D eigenvalue weighted by atomic mass is 16.6. The summed E-state index contributed by atoms with van der Waals surface area (Å²) < 4.78 is 10.6. The number of aryl methyl sites for hydroxylation is 1. The third kappa shape index (κ3) is 4.22. The number of pyridine rings is 1. The van der Waals surface area contributed by atoms with Crippen molar-refractivity contribution in [3.63, 3.8) is 0 Å². The predicted octanol–water partition coefficient (Wildman–Crippen LogP) is 3.95. The highest BCUT2D eigenvalue weighted by molar-refractivity contribution is 5.93. The van der Waals surface area contributed by atoms with Gasteiger partial charge in [0.25, 0.3) is 0 Å². The Labute approximate surface area is 162 Å². The van der Waals surface area contributed by atoms with E-state index in [0.717, 1.165) is 5.56 Å². The summed E-state index contributed by atoms with van der Waals surface area (Å²) in [4.78, 5) is 28.7. The molecule has 0 saturated heterocycles. The van der Waals surface area contributed by atoms with E-state index in [0.29, 0.717) is 17.5 Å². The number of carbonyl (C=O) groups excluding carboxylic acids is 2. The van der Waals surface area contributed by atoms with Crippen LogP contribution in [0.3, 0.4) is 0 Å². The van der Waals surface area contributed by atoms with Crippen molar-refractivity contribution in [2.75, 3.05) is 0 Å². The number of benzene rings is 2. The third-order valence-corrected chi connectivity index (χ3v) is 3.97. The van der Waals surface area contributed by atoms with E-state index in [9.17, 15) is 14.9 Å².